The molecule has 0 aliphatic rings. The van der Waals surface area contributed by atoms with E-state index in [1.165, 1.54) is 0 Å². The second-order valence-corrected chi connectivity index (χ2v) is 16.4. The van der Waals surface area contributed by atoms with Crippen molar-refractivity contribution in [1.82, 2.24) is 0 Å². The second-order valence-electron chi connectivity index (χ2n) is 7.49. The molecule has 0 fully saturated rings. The molecule has 1 aromatic rings. The van der Waals surface area contributed by atoms with Crippen molar-refractivity contribution in [3.8, 4) is 11.5 Å². The first-order valence-electron chi connectivity index (χ1n) is 8.18. The smallest absolute Gasteiger partial charge is 0.338 e. The van der Waals surface area contributed by atoms with Gasteiger partial charge in [0.15, 0.2) is 20.2 Å². The van der Waals surface area contributed by atoms with Gasteiger partial charge in [0.2, 0.25) is 8.32 Å². The van der Waals surface area contributed by atoms with Crippen LogP contribution in [-0.2, 0) is 14.0 Å². The van der Waals surface area contributed by atoms with Crippen molar-refractivity contribution in [1.29, 1.82) is 0 Å². The van der Waals surface area contributed by atoms with E-state index >= 15 is 0 Å². The van der Waals surface area contributed by atoms with Crippen molar-refractivity contribution < 1.29 is 23.1 Å². The van der Waals surface area contributed by atoms with Crippen LogP contribution in [0.25, 0.3) is 0 Å². The fourth-order valence-electron chi connectivity index (χ4n) is 2.09. The molecule has 1 atom stereocenters. The SMILES string of the molecule is CCOC(=O)C(O[Si](C)(C)C)c1ccc(O[Si](C)(C)C)c(OC)c1. The molecule has 0 heterocycles. The number of carbonyl (C=O) groups is 1. The van der Waals surface area contributed by atoms with Crippen LogP contribution in [0.15, 0.2) is 18.2 Å². The van der Waals surface area contributed by atoms with Gasteiger partial charge in [-0.15, -0.1) is 0 Å². The molecule has 24 heavy (non-hydrogen) atoms. The molecule has 0 aromatic heterocycles. The predicted octanol–water partition coefficient (Wildman–Crippen LogP) is 4.36. The Hall–Kier alpha value is -1.32. The standard InChI is InChI=1S/C17H30O5Si2/c1-9-20-17(18)16(22-24(6,7)8)13-10-11-14(15(12-13)19-2)21-23(3,4)5/h10-12,16H,9H2,1-8H3. The molecule has 0 saturated heterocycles. The summed E-state index contributed by atoms with van der Waals surface area (Å²) in [4.78, 5) is 12.3. The molecule has 1 rings (SSSR count). The third kappa shape index (κ3) is 6.66. The Balaban J connectivity index is 3.21. The van der Waals surface area contributed by atoms with Gasteiger partial charge >= 0.3 is 5.97 Å². The first-order valence-corrected chi connectivity index (χ1v) is 15.0. The van der Waals surface area contributed by atoms with Gasteiger partial charge in [0.05, 0.1) is 13.7 Å². The highest BCUT2D eigenvalue weighted by Crippen LogP contribution is 2.34. The van der Waals surface area contributed by atoms with Gasteiger partial charge in [0.1, 0.15) is 5.75 Å². The summed E-state index contributed by atoms with van der Waals surface area (Å²) in [5.74, 6) is 0.917. The van der Waals surface area contributed by atoms with Crippen LogP contribution in [0.3, 0.4) is 0 Å². The third-order valence-electron chi connectivity index (χ3n) is 2.88. The van der Waals surface area contributed by atoms with E-state index in [-0.39, 0.29) is 5.97 Å². The molecule has 0 radical (unpaired) electrons. The van der Waals surface area contributed by atoms with Crippen molar-refractivity contribution in [3.05, 3.63) is 23.8 Å². The summed E-state index contributed by atoms with van der Waals surface area (Å²) in [5.41, 5.74) is 0.718. The van der Waals surface area contributed by atoms with E-state index in [0.717, 1.165) is 5.56 Å². The summed E-state index contributed by atoms with van der Waals surface area (Å²) >= 11 is 0. The van der Waals surface area contributed by atoms with Gasteiger partial charge in [-0.25, -0.2) is 4.79 Å². The summed E-state index contributed by atoms with van der Waals surface area (Å²) in [7, 11) is -2.11. The fraction of sp³-hybridized carbons (Fsp3) is 0.588. The Morgan fingerprint density at radius 3 is 2.12 bits per heavy atom. The van der Waals surface area contributed by atoms with Crippen LogP contribution in [0.1, 0.15) is 18.6 Å². The average molecular weight is 371 g/mol. The van der Waals surface area contributed by atoms with E-state index < -0.39 is 22.7 Å². The minimum absolute atomic E-state index is 0.318. The van der Waals surface area contributed by atoms with Crippen molar-refractivity contribution in [2.75, 3.05) is 13.7 Å². The van der Waals surface area contributed by atoms with Crippen LogP contribution in [0.5, 0.6) is 11.5 Å². The number of methoxy groups -OCH3 is 1. The molecule has 1 unspecified atom stereocenters. The zero-order chi connectivity index (χ0) is 18.5. The first kappa shape index (κ1) is 20.7. The lowest BCUT2D eigenvalue weighted by Crippen LogP contribution is -2.32. The molecule has 0 bridgehead atoms. The Bertz CT molecular complexity index is 561. The summed E-state index contributed by atoms with van der Waals surface area (Å²) in [6, 6.07) is 5.49. The van der Waals surface area contributed by atoms with E-state index in [1.54, 1.807) is 20.1 Å². The zero-order valence-electron chi connectivity index (χ0n) is 16.1. The highest BCUT2D eigenvalue weighted by Gasteiger charge is 2.30. The van der Waals surface area contributed by atoms with E-state index in [4.69, 9.17) is 18.3 Å². The van der Waals surface area contributed by atoms with Gasteiger partial charge in [-0.2, -0.15) is 0 Å². The van der Waals surface area contributed by atoms with E-state index in [9.17, 15) is 4.79 Å². The highest BCUT2D eigenvalue weighted by molar-refractivity contribution is 6.70. The lowest BCUT2D eigenvalue weighted by molar-refractivity contribution is -0.152. The quantitative estimate of drug-likeness (QED) is 0.502. The van der Waals surface area contributed by atoms with Crippen LogP contribution in [-0.4, -0.2) is 36.3 Å². The molecule has 0 amide bonds. The molecular formula is C17H30O5Si2. The van der Waals surface area contributed by atoms with Crippen molar-refractivity contribution in [2.24, 2.45) is 0 Å². The maximum atomic E-state index is 12.3. The average Bonchev–Trinajstić information content (AvgIpc) is 2.43. The number of ether oxygens (including phenoxy) is 2. The Labute approximate surface area is 147 Å². The van der Waals surface area contributed by atoms with Crippen molar-refractivity contribution in [2.45, 2.75) is 52.3 Å². The number of benzene rings is 1. The topological polar surface area (TPSA) is 54.0 Å². The molecule has 0 aliphatic carbocycles. The van der Waals surface area contributed by atoms with E-state index in [1.807, 2.05) is 31.8 Å². The maximum absolute atomic E-state index is 12.3. The van der Waals surface area contributed by atoms with E-state index in [2.05, 4.69) is 19.6 Å². The van der Waals surface area contributed by atoms with Gasteiger partial charge in [-0.3, -0.25) is 0 Å². The van der Waals surface area contributed by atoms with Crippen LogP contribution in [0.2, 0.25) is 39.3 Å². The molecule has 0 N–H and O–H groups in total. The third-order valence-corrected chi connectivity index (χ3v) is 4.65. The largest absolute Gasteiger partial charge is 0.542 e. The molecular weight excluding hydrogens is 340 g/mol. The fourth-order valence-corrected chi connectivity index (χ4v) is 3.85. The lowest BCUT2D eigenvalue weighted by atomic mass is 10.1. The van der Waals surface area contributed by atoms with Crippen LogP contribution < -0.4 is 9.16 Å². The monoisotopic (exact) mass is 370 g/mol. The van der Waals surface area contributed by atoms with Crippen molar-refractivity contribution >= 4 is 22.6 Å². The molecule has 0 spiro atoms. The van der Waals surface area contributed by atoms with Gasteiger partial charge in [-0.1, -0.05) is 6.07 Å². The van der Waals surface area contributed by atoms with E-state index in [0.29, 0.717) is 18.1 Å². The van der Waals surface area contributed by atoms with Crippen LogP contribution in [0.4, 0.5) is 0 Å². The van der Waals surface area contributed by atoms with Crippen LogP contribution >= 0.6 is 0 Å². The minimum Gasteiger partial charge on any atom is -0.542 e. The van der Waals surface area contributed by atoms with Gasteiger partial charge < -0.3 is 18.3 Å². The lowest BCUT2D eigenvalue weighted by Gasteiger charge is -2.26. The van der Waals surface area contributed by atoms with Crippen LogP contribution in [0, 0.1) is 0 Å². The Morgan fingerprint density at radius 2 is 1.67 bits per heavy atom. The summed E-state index contributed by atoms with van der Waals surface area (Å²) in [6.07, 6.45) is -0.744. The number of rotatable bonds is 8. The van der Waals surface area contributed by atoms with Gasteiger partial charge in [-0.05, 0) is 63.9 Å². The van der Waals surface area contributed by atoms with Gasteiger partial charge in [0, 0.05) is 0 Å². The number of esters is 1. The molecule has 7 heteroatoms. The summed E-state index contributed by atoms with van der Waals surface area (Å²) in [6.45, 7) is 14.5. The molecule has 0 aliphatic heterocycles. The summed E-state index contributed by atoms with van der Waals surface area (Å²) in [5, 5.41) is 0. The molecule has 0 saturated carbocycles. The Kier molecular flexibility index (Phi) is 7.06. The molecule has 1 aromatic carbocycles. The number of carbonyl (C=O) groups excluding carboxylic acids is 1. The highest BCUT2D eigenvalue weighted by atomic mass is 28.4. The molecule has 136 valence electrons. The zero-order valence-corrected chi connectivity index (χ0v) is 18.1. The summed E-state index contributed by atoms with van der Waals surface area (Å²) < 4.78 is 22.7. The minimum atomic E-state index is -1.94. The predicted molar refractivity (Wildman–Crippen MR) is 101 cm³/mol. The number of hydrogen-bond donors (Lipinski definition) is 0. The normalized spacial score (nSPS) is 13.3. The maximum Gasteiger partial charge on any atom is 0.338 e. The Morgan fingerprint density at radius 1 is 1.04 bits per heavy atom. The van der Waals surface area contributed by atoms with Crippen molar-refractivity contribution in [3.63, 3.8) is 0 Å². The number of hydrogen-bond acceptors (Lipinski definition) is 5. The van der Waals surface area contributed by atoms with Gasteiger partial charge in [0.25, 0.3) is 0 Å². The second kappa shape index (κ2) is 8.18. The first-order chi connectivity index (χ1) is 11.0. The molecule has 5 nitrogen and oxygen atoms in total.